The molecule has 0 saturated heterocycles. The highest BCUT2D eigenvalue weighted by Gasteiger charge is 2.56. The quantitative estimate of drug-likeness (QED) is 0.344. The summed E-state index contributed by atoms with van der Waals surface area (Å²) in [6.45, 7) is 0. The van der Waals surface area contributed by atoms with Crippen LogP contribution < -0.4 is 0 Å². The van der Waals surface area contributed by atoms with Crippen LogP contribution in [0.25, 0.3) is 0 Å². The lowest BCUT2D eigenvalue weighted by molar-refractivity contribution is -0.154. The molecule has 3 nitrogen and oxygen atoms in total. The number of allylic oxidation sites excluding steroid dienone is 1. The smallest absolute Gasteiger partial charge is 0.323 e. The molecule has 0 aromatic heterocycles. The third-order valence-electron chi connectivity index (χ3n) is 3.15. The first-order valence-electron chi connectivity index (χ1n) is 4.51. The second kappa shape index (κ2) is 2.69. The second-order valence-corrected chi connectivity index (χ2v) is 3.66. The van der Waals surface area contributed by atoms with Crippen molar-refractivity contribution < 1.29 is 14.3 Å². The largest absolute Gasteiger partial charge is 0.468 e. The molecule has 13 heavy (non-hydrogen) atoms. The molecule has 0 amide bonds. The van der Waals surface area contributed by atoms with Crippen LogP contribution in [0.3, 0.4) is 0 Å². The van der Waals surface area contributed by atoms with Gasteiger partial charge in [0.25, 0.3) is 0 Å². The molecular weight excluding hydrogens is 168 g/mol. The van der Waals surface area contributed by atoms with Gasteiger partial charge in [-0.2, -0.15) is 0 Å². The van der Waals surface area contributed by atoms with Crippen molar-refractivity contribution >= 4 is 11.8 Å². The maximum atomic E-state index is 11.6. The van der Waals surface area contributed by atoms with Crippen molar-refractivity contribution in [1.29, 1.82) is 0 Å². The van der Waals surface area contributed by atoms with Crippen molar-refractivity contribution in [2.75, 3.05) is 7.11 Å². The van der Waals surface area contributed by atoms with Gasteiger partial charge in [-0.05, 0) is 18.8 Å². The molecule has 70 valence electrons. The van der Waals surface area contributed by atoms with Gasteiger partial charge in [0, 0.05) is 6.42 Å². The number of carbonyl (C=O) groups is 2. The summed E-state index contributed by atoms with van der Waals surface area (Å²) in [5, 5.41) is 0. The maximum Gasteiger partial charge on any atom is 0.323 e. The molecule has 0 bridgehead atoms. The molecular formula is C10H12O3. The number of rotatable bonds is 1. The fraction of sp³-hybridized carbons (Fsp3) is 0.600. The zero-order chi connectivity index (χ0) is 9.47. The van der Waals surface area contributed by atoms with Gasteiger partial charge in [0.15, 0.2) is 5.78 Å². The maximum absolute atomic E-state index is 11.6. The van der Waals surface area contributed by atoms with Gasteiger partial charge in [0.05, 0.1) is 7.11 Å². The molecule has 0 aromatic carbocycles. The van der Waals surface area contributed by atoms with Crippen molar-refractivity contribution in [3.8, 4) is 0 Å². The van der Waals surface area contributed by atoms with E-state index in [-0.39, 0.29) is 17.7 Å². The van der Waals surface area contributed by atoms with Crippen molar-refractivity contribution in [3.05, 3.63) is 12.2 Å². The van der Waals surface area contributed by atoms with E-state index in [0.717, 1.165) is 12.8 Å². The van der Waals surface area contributed by atoms with E-state index in [2.05, 4.69) is 0 Å². The van der Waals surface area contributed by atoms with Crippen LogP contribution in [0.2, 0.25) is 0 Å². The van der Waals surface area contributed by atoms with Crippen LogP contribution in [0.4, 0.5) is 0 Å². The van der Waals surface area contributed by atoms with Crippen molar-refractivity contribution in [2.45, 2.75) is 19.3 Å². The van der Waals surface area contributed by atoms with E-state index in [9.17, 15) is 9.59 Å². The zero-order valence-corrected chi connectivity index (χ0v) is 7.58. The molecule has 0 aliphatic heterocycles. The summed E-state index contributed by atoms with van der Waals surface area (Å²) in [7, 11) is 1.34. The molecule has 2 rings (SSSR count). The Morgan fingerprint density at radius 1 is 1.69 bits per heavy atom. The van der Waals surface area contributed by atoms with Crippen LogP contribution >= 0.6 is 0 Å². The molecule has 0 unspecified atom stereocenters. The average molecular weight is 180 g/mol. The Morgan fingerprint density at radius 2 is 2.46 bits per heavy atom. The van der Waals surface area contributed by atoms with Gasteiger partial charge in [-0.25, -0.2) is 0 Å². The third kappa shape index (κ3) is 0.900. The number of hydrogen-bond acceptors (Lipinski definition) is 3. The number of ether oxygens (including phenoxy) is 1. The summed E-state index contributed by atoms with van der Waals surface area (Å²) < 4.78 is 4.70. The minimum absolute atomic E-state index is 0.0260. The molecule has 3 heteroatoms. The van der Waals surface area contributed by atoms with Gasteiger partial charge in [-0.3, -0.25) is 9.59 Å². The molecule has 0 aromatic rings. The molecule has 2 atom stereocenters. The fourth-order valence-corrected chi connectivity index (χ4v) is 2.44. The average Bonchev–Trinajstić information content (AvgIpc) is 2.67. The Labute approximate surface area is 76.8 Å². The van der Waals surface area contributed by atoms with Gasteiger partial charge in [0.2, 0.25) is 0 Å². The van der Waals surface area contributed by atoms with Gasteiger partial charge < -0.3 is 4.74 Å². The molecule has 1 fully saturated rings. The summed E-state index contributed by atoms with van der Waals surface area (Å²) in [6.07, 6.45) is 5.82. The summed E-state index contributed by atoms with van der Waals surface area (Å²) in [5.41, 5.74) is -0.908. The lowest BCUT2D eigenvalue weighted by Gasteiger charge is -2.22. The topological polar surface area (TPSA) is 43.4 Å². The summed E-state index contributed by atoms with van der Waals surface area (Å²) >= 11 is 0. The molecule has 0 spiro atoms. The van der Waals surface area contributed by atoms with Gasteiger partial charge >= 0.3 is 5.97 Å². The number of hydrogen-bond donors (Lipinski definition) is 0. The van der Waals surface area contributed by atoms with E-state index in [1.165, 1.54) is 7.11 Å². The Bertz CT molecular complexity index is 293. The van der Waals surface area contributed by atoms with Crippen LogP contribution in [0.15, 0.2) is 12.2 Å². The lowest BCUT2D eigenvalue weighted by atomic mass is 9.80. The van der Waals surface area contributed by atoms with Crippen LogP contribution in [0.5, 0.6) is 0 Å². The van der Waals surface area contributed by atoms with Gasteiger partial charge in [-0.15, -0.1) is 0 Å². The minimum Gasteiger partial charge on any atom is -0.468 e. The van der Waals surface area contributed by atoms with Crippen molar-refractivity contribution in [1.82, 2.24) is 0 Å². The number of fused-ring (bicyclic) bond motifs is 1. The van der Waals surface area contributed by atoms with Crippen molar-refractivity contribution in [2.24, 2.45) is 11.3 Å². The number of esters is 1. The summed E-state index contributed by atoms with van der Waals surface area (Å²) in [5.74, 6) is -0.195. The summed E-state index contributed by atoms with van der Waals surface area (Å²) in [6, 6.07) is 0. The Hall–Kier alpha value is -1.12. The third-order valence-corrected chi connectivity index (χ3v) is 3.15. The van der Waals surface area contributed by atoms with Crippen LogP contribution in [-0.4, -0.2) is 18.9 Å². The number of Topliss-reactive ketones (excluding diaryl/α,β-unsaturated/α-hetero) is 1. The van der Waals surface area contributed by atoms with E-state index >= 15 is 0 Å². The highest BCUT2D eigenvalue weighted by molar-refractivity contribution is 6.08. The highest BCUT2D eigenvalue weighted by atomic mass is 16.5. The zero-order valence-electron chi connectivity index (χ0n) is 7.58. The van der Waals surface area contributed by atoms with E-state index in [1.807, 2.05) is 6.08 Å². The van der Waals surface area contributed by atoms with Crippen LogP contribution in [0.1, 0.15) is 19.3 Å². The number of carbonyl (C=O) groups excluding carboxylic acids is 2. The van der Waals surface area contributed by atoms with E-state index in [1.54, 1.807) is 6.08 Å². The Morgan fingerprint density at radius 3 is 3.15 bits per heavy atom. The molecule has 0 radical (unpaired) electrons. The van der Waals surface area contributed by atoms with E-state index < -0.39 is 5.41 Å². The summed E-state index contributed by atoms with van der Waals surface area (Å²) in [4.78, 5) is 23.2. The molecule has 0 heterocycles. The predicted octanol–water partition coefficient (Wildman–Crippen LogP) is 1.08. The second-order valence-electron chi connectivity index (χ2n) is 3.66. The predicted molar refractivity (Wildman–Crippen MR) is 45.9 cm³/mol. The van der Waals surface area contributed by atoms with Gasteiger partial charge in [0.1, 0.15) is 5.41 Å². The van der Waals surface area contributed by atoms with Crippen LogP contribution in [-0.2, 0) is 14.3 Å². The van der Waals surface area contributed by atoms with Crippen LogP contribution in [0, 0.1) is 11.3 Å². The normalized spacial score (nSPS) is 36.4. The van der Waals surface area contributed by atoms with E-state index in [0.29, 0.717) is 6.42 Å². The molecule has 0 N–H and O–H groups in total. The standard InChI is InChI=1S/C10H12O3/c1-13-9(12)10-6-2-3-7(10)4-5-8(10)11/h2,6-7H,3-5H2,1H3/t7-,10+/m1/s1. The fourth-order valence-electron chi connectivity index (χ4n) is 2.44. The SMILES string of the molecule is COC(=O)[C@@]12C=CC[C@@H]1CCC2=O. The number of methoxy groups -OCH3 is 1. The monoisotopic (exact) mass is 180 g/mol. The van der Waals surface area contributed by atoms with Crippen molar-refractivity contribution in [3.63, 3.8) is 0 Å². The lowest BCUT2D eigenvalue weighted by Crippen LogP contribution is -2.37. The minimum atomic E-state index is -0.908. The molecule has 1 saturated carbocycles. The highest BCUT2D eigenvalue weighted by Crippen LogP contribution is 2.48. The van der Waals surface area contributed by atoms with Gasteiger partial charge in [-0.1, -0.05) is 12.2 Å². The Balaban J connectivity index is 2.41. The number of ketones is 1. The Kier molecular flexibility index (Phi) is 1.75. The van der Waals surface area contributed by atoms with E-state index in [4.69, 9.17) is 4.74 Å². The first-order chi connectivity index (χ1) is 6.21. The molecule has 2 aliphatic rings. The molecule has 2 aliphatic carbocycles. The first-order valence-corrected chi connectivity index (χ1v) is 4.51. The first kappa shape index (κ1) is 8.48.